The molecule has 12 heteroatoms. The highest BCUT2D eigenvalue weighted by atomic mass is 19.4. The molecule has 0 atom stereocenters. The number of nitrogens with one attached hydrogen (secondary N) is 1. The number of halogens is 3. The van der Waals surface area contributed by atoms with Crippen LogP contribution in [0.5, 0.6) is 0 Å². The predicted octanol–water partition coefficient (Wildman–Crippen LogP) is 6.57. The number of aromatic nitrogens is 1. The summed E-state index contributed by atoms with van der Waals surface area (Å²) in [6.07, 6.45) is -1.22. The Kier molecular flexibility index (Phi) is 10.6. The molecular weight excluding hydrogens is 635 g/mol. The molecule has 0 radical (unpaired) electrons. The van der Waals surface area contributed by atoms with Crippen molar-refractivity contribution in [2.75, 3.05) is 38.5 Å². The number of ketones is 1. The number of ether oxygens (including phenoxy) is 1. The monoisotopic (exact) mass is 677 g/mol. The maximum Gasteiger partial charge on any atom is 0.416 e. The Labute approximate surface area is 284 Å². The first-order valence-corrected chi connectivity index (χ1v) is 16.2. The number of hydrogen-bond acceptors (Lipinski definition) is 7. The standard InChI is InChI=1S/C37H42F3N5O4/c1-24(46)29-17-30-15-26(20-41-33(30)19-29)22-45(35(48)49-36(2,3)4)21-25-7-6-8-31(16-25)42-34(47)27-9-10-28(32(18-27)37(38,39)40)23-44-13-11-43(5)12-14-44/h6-10,15-18,20H,11-14,19,21-23H2,1-5H3,(H,42,47). The first kappa shape index (κ1) is 35.7. The van der Waals surface area contributed by atoms with Crippen LogP contribution >= 0.6 is 0 Å². The minimum Gasteiger partial charge on any atom is -0.444 e. The number of rotatable bonds is 9. The molecule has 2 aliphatic rings. The first-order valence-electron chi connectivity index (χ1n) is 16.2. The number of benzene rings is 2. The molecular formula is C37H42F3N5O4. The molecule has 1 aliphatic carbocycles. The molecule has 1 N–H and O–H groups in total. The van der Waals surface area contributed by atoms with Crippen LogP contribution in [-0.2, 0) is 41.8 Å². The molecule has 0 unspecified atom stereocenters. The summed E-state index contributed by atoms with van der Waals surface area (Å²) in [5.74, 6) is -0.694. The number of amides is 2. The number of hydrogen-bond donors (Lipinski definition) is 1. The average Bonchev–Trinajstić information content (AvgIpc) is 3.45. The number of nitrogens with zero attached hydrogens (tertiary/aromatic N) is 4. The molecule has 260 valence electrons. The van der Waals surface area contributed by atoms with Crippen molar-refractivity contribution in [1.82, 2.24) is 19.7 Å². The van der Waals surface area contributed by atoms with Gasteiger partial charge in [-0.05, 0) is 93.4 Å². The highest BCUT2D eigenvalue weighted by Gasteiger charge is 2.35. The summed E-state index contributed by atoms with van der Waals surface area (Å²) in [6, 6.07) is 12.4. The van der Waals surface area contributed by atoms with Crippen molar-refractivity contribution >= 4 is 29.5 Å². The Morgan fingerprint density at radius 3 is 2.35 bits per heavy atom. The molecule has 9 nitrogen and oxygen atoms in total. The van der Waals surface area contributed by atoms with Crippen LogP contribution in [0.3, 0.4) is 0 Å². The van der Waals surface area contributed by atoms with Gasteiger partial charge in [0, 0.05) is 68.7 Å². The summed E-state index contributed by atoms with van der Waals surface area (Å²) in [5.41, 5.74) is 2.52. The third-order valence-corrected chi connectivity index (χ3v) is 8.45. The topological polar surface area (TPSA) is 95.1 Å². The van der Waals surface area contributed by atoms with Crippen LogP contribution < -0.4 is 5.32 Å². The highest BCUT2D eigenvalue weighted by Crippen LogP contribution is 2.34. The average molecular weight is 678 g/mol. The number of allylic oxidation sites excluding steroid dienone is 1. The van der Waals surface area contributed by atoms with Gasteiger partial charge >= 0.3 is 12.3 Å². The molecule has 0 saturated carbocycles. The fourth-order valence-corrected chi connectivity index (χ4v) is 5.83. The number of alkyl halides is 3. The van der Waals surface area contributed by atoms with E-state index in [-0.39, 0.29) is 36.5 Å². The first-order chi connectivity index (χ1) is 23.0. The summed E-state index contributed by atoms with van der Waals surface area (Å²) in [4.78, 5) is 48.6. The predicted molar refractivity (Wildman–Crippen MR) is 181 cm³/mol. The molecule has 1 fully saturated rings. The quantitative estimate of drug-likeness (QED) is 0.274. The van der Waals surface area contributed by atoms with Gasteiger partial charge < -0.3 is 15.0 Å². The lowest BCUT2D eigenvalue weighted by molar-refractivity contribution is -0.138. The highest BCUT2D eigenvalue weighted by molar-refractivity contribution is 6.04. The van der Waals surface area contributed by atoms with Crippen molar-refractivity contribution in [3.05, 3.63) is 99.4 Å². The van der Waals surface area contributed by atoms with E-state index in [1.54, 1.807) is 51.2 Å². The second-order valence-corrected chi connectivity index (χ2v) is 13.7. The maximum absolute atomic E-state index is 14.1. The van der Waals surface area contributed by atoms with E-state index in [9.17, 15) is 27.6 Å². The van der Waals surface area contributed by atoms with Gasteiger partial charge in [0.25, 0.3) is 5.91 Å². The molecule has 1 aromatic heterocycles. The van der Waals surface area contributed by atoms with Gasteiger partial charge in [-0.25, -0.2) is 4.79 Å². The lowest BCUT2D eigenvalue weighted by Gasteiger charge is -2.33. The van der Waals surface area contributed by atoms with Gasteiger partial charge in [0.1, 0.15) is 5.60 Å². The zero-order chi connectivity index (χ0) is 35.5. The van der Waals surface area contributed by atoms with Crippen molar-refractivity contribution in [2.45, 2.75) is 65.5 Å². The zero-order valence-corrected chi connectivity index (χ0v) is 28.5. The van der Waals surface area contributed by atoms with Crippen LogP contribution in [0.2, 0.25) is 0 Å². The molecule has 2 amide bonds. The lowest BCUT2D eigenvalue weighted by Crippen LogP contribution is -2.44. The molecule has 0 spiro atoms. The second kappa shape index (κ2) is 14.5. The Morgan fingerprint density at radius 2 is 1.67 bits per heavy atom. The smallest absolute Gasteiger partial charge is 0.416 e. The van der Waals surface area contributed by atoms with E-state index in [2.05, 4.69) is 15.2 Å². The summed E-state index contributed by atoms with van der Waals surface area (Å²) >= 11 is 0. The van der Waals surface area contributed by atoms with Crippen molar-refractivity contribution in [3.63, 3.8) is 0 Å². The summed E-state index contributed by atoms with van der Waals surface area (Å²) in [5, 5.41) is 2.71. The van der Waals surface area contributed by atoms with Crippen molar-refractivity contribution in [1.29, 1.82) is 0 Å². The van der Waals surface area contributed by atoms with Crippen LogP contribution in [0, 0.1) is 0 Å². The number of carbonyl (C=O) groups is 3. The van der Waals surface area contributed by atoms with Gasteiger partial charge in [-0.2, -0.15) is 13.2 Å². The molecule has 2 aromatic carbocycles. The Hall–Kier alpha value is -4.55. The van der Waals surface area contributed by atoms with E-state index in [1.807, 2.05) is 24.1 Å². The Balaban J connectivity index is 1.32. The summed E-state index contributed by atoms with van der Waals surface area (Å²) in [6.45, 7) is 10.2. The van der Waals surface area contributed by atoms with E-state index < -0.39 is 29.3 Å². The van der Waals surface area contributed by atoms with Crippen LogP contribution in [0.25, 0.3) is 6.08 Å². The van der Waals surface area contributed by atoms with Gasteiger partial charge in [-0.15, -0.1) is 0 Å². The summed E-state index contributed by atoms with van der Waals surface area (Å²) in [7, 11) is 1.98. The zero-order valence-electron chi connectivity index (χ0n) is 28.5. The van der Waals surface area contributed by atoms with Gasteiger partial charge in [-0.3, -0.25) is 24.4 Å². The SMILES string of the molecule is CC(=O)C1=Cc2cc(CN(Cc3cccc(NC(=O)c4ccc(CN5CCN(C)CC5)c(C(F)(F)F)c4)c3)C(=O)OC(C)(C)C)cnc2C1. The van der Waals surface area contributed by atoms with Crippen LogP contribution in [0.4, 0.5) is 23.7 Å². The van der Waals surface area contributed by atoms with Gasteiger partial charge in [0.05, 0.1) is 17.8 Å². The number of Topliss-reactive ketones (excluding diaryl/α,β-unsaturated/α-hetero) is 1. The van der Waals surface area contributed by atoms with Gasteiger partial charge in [0.2, 0.25) is 0 Å². The second-order valence-electron chi connectivity index (χ2n) is 13.7. The fourth-order valence-electron chi connectivity index (χ4n) is 5.83. The molecule has 2 heterocycles. The van der Waals surface area contributed by atoms with E-state index in [0.717, 1.165) is 36.0 Å². The number of likely N-dealkylation sites (N-methyl/N-ethyl adjacent to an activating group) is 1. The van der Waals surface area contributed by atoms with Gasteiger partial charge in [-0.1, -0.05) is 18.2 Å². The maximum atomic E-state index is 14.1. The van der Waals surface area contributed by atoms with Gasteiger partial charge in [0.15, 0.2) is 5.78 Å². The number of piperazine rings is 1. The Morgan fingerprint density at radius 1 is 0.959 bits per heavy atom. The molecule has 1 aliphatic heterocycles. The molecule has 49 heavy (non-hydrogen) atoms. The lowest BCUT2D eigenvalue weighted by atomic mass is 10.0. The number of anilines is 1. The fraction of sp³-hybridized carbons (Fsp3) is 0.405. The normalized spacial score (nSPS) is 15.4. The minimum atomic E-state index is -4.62. The summed E-state index contributed by atoms with van der Waals surface area (Å²) < 4.78 is 48.1. The number of pyridine rings is 1. The van der Waals surface area contributed by atoms with E-state index in [4.69, 9.17) is 4.74 Å². The van der Waals surface area contributed by atoms with Crippen LogP contribution in [0.15, 0.2) is 60.3 Å². The third-order valence-electron chi connectivity index (χ3n) is 8.45. The third kappa shape index (κ3) is 9.54. The van der Waals surface area contributed by atoms with Crippen molar-refractivity contribution < 1.29 is 32.3 Å². The molecule has 3 aromatic rings. The number of fused-ring (bicyclic) bond motifs is 1. The molecule has 1 saturated heterocycles. The Bertz CT molecular complexity index is 1760. The molecule has 0 bridgehead atoms. The largest absolute Gasteiger partial charge is 0.444 e. The van der Waals surface area contributed by atoms with E-state index >= 15 is 0 Å². The molecule has 5 rings (SSSR count). The number of carbonyl (C=O) groups excluding carboxylic acids is 3. The van der Waals surface area contributed by atoms with E-state index in [0.29, 0.717) is 36.3 Å². The minimum absolute atomic E-state index is 0.0130. The van der Waals surface area contributed by atoms with E-state index in [1.165, 1.54) is 24.0 Å². The van der Waals surface area contributed by atoms with Crippen LogP contribution in [-0.4, -0.2) is 76.3 Å². The van der Waals surface area contributed by atoms with Crippen molar-refractivity contribution in [2.24, 2.45) is 0 Å². The van der Waals surface area contributed by atoms with Crippen molar-refractivity contribution in [3.8, 4) is 0 Å². The van der Waals surface area contributed by atoms with Crippen LogP contribution in [0.1, 0.15) is 71.6 Å².